The summed E-state index contributed by atoms with van der Waals surface area (Å²) in [5.74, 6) is -0.744. The number of para-hydroxylation sites is 1. The first kappa shape index (κ1) is 26.3. The van der Waals surface area contributed by atoms with Crippen LogP contribution >= 0.6 is 11.6 Å². The lowest BCUT2D eigenvalue weighted by Gasteiger charge is -2.32. The van der Waals surface area contributed by atoms with Crippen LogP contribution in [0.15, 0.2) is 72.8 Å². The number of carbonyl (C=O) groups is 2. The molecule has 0 aliphatic heterocycles. The third kappa shape index (κ3) is 6.51. The van der Waals surface area contributed by atoms with Crippen molar-refractivity contribution in [2.75, 3.05) is 6.54 Å². The van der Waals surface area contributed by atoms with Gasteiger partial charge in [0.15, 0.2) is 0 Å². The van der Waals surface area contributed by atoms with Gasteiger partial charge in [0.2, 0.25) is 11.8 Å². The van der Waals surface area contributed by atoms with Crippen LogP contribution in [0.4, 0.5) is 4.39 Å². The van der Waals surface area contributed by atoms with Crippen LogP contribution in [-0.2, 0) is 22.7 Å². The zero-order chi connectivity index (χ0) is 26.4. The third-order valence-electron chi connectivity index (χ3n) is 6.09. The van der Waals surface area contributed by atoms with Crippen molar-refractivity contribution < 1.29 is 14.0 Å². The highest BCUT2D eigenvalue weighted by Crippen LogP contribution is 2.27. The number of nitrogens with one attached hydrogen (secondary N) is 1. The predicted molar refractivity (Wildman–Crippen MR) is 141 cm³/mol. The standard InChI is InChI=1S/C28H29ClFN5O2/c1-19(2)15-16-31-28(37)27(20-11-13-22(30)14-12-20)34(17-21-7-3-4-8-23(21)29)26(36)18-35-25-10-6-5-9-24(25)32-33-35/h3-14,19,27H,15-18H2,1-2H3,(H,31,37). The zero-order valence-electron chi connectivity index (χ0n) is 20.8. The lowest BCUT2D eigenvalue weighted by atomic mass is 10.0. The number of aromatic nitrogens is 3. The molecule has 3 aromatic carbocycles. The smallest absolute Gasteiger partial charge is 0.247 e. The monoisotopic (exact) mass is 521 g/mol. The van der Waals surface area contributed by atoms with E-state index >= 15 is 0 Å². The van der Waals surface area contributed by atoms with E-state index in [4.69, 9.17) is 11.6 Å². The fraction of sp³-hybridized carbons (Fsp3) is 0.286. The van der Waals surface area contributed by atoms with Crippen LogP contribution in [0.3, 0.4) is 0 Å². The van der Waals surface area contributed by atoms with E-state index in [1.807, 2.05) is 36.4 Å². The average molecular weight is 522 g/mol. The summed E-state index contributed by atoms with van der Waals surface area (Å²) in [7, 11) is 0. The first-order valence-corrected chi connectivity index (χ1v) is 12.6. The zero-order valence-corrected chi connectivity index (χ0v) is 21.5. The van der Waals surface area contributed by atoms with Crippen molar-refractivity contribution in [3.05, 3.63) is 94.8 Å². The second-order valence-corrected chi connectivity index (χ2v) is 9.68. The van der Waals surface area contributed by atoms with Gasteiger partial charge >= 0.3 is 0 Å². The summed E-state index contributed by atoms with van der Waals surface area (Å²) in [5.41, 5.74) is 2.54. The van der Waals surface area contributed by atoms with E-state index in [2.05, 4.69) is 29.5 Å². The molecule has 0 spiro atoms. The molecule has 1 aromatic heterocycles. The Hall–Kier alpha value is -3.78. The van der Waals surface area contributed by atoms with Gasteiger partial charge < -0.3 is 10.2 Å². The van der Waals surface area contributed by atoms with E-state index < -0.39 is 11.9 Å². The molecule has 2 amide bonds. The van der Waals surface area contributed by atoms with Gasteiger partial charge in [0.25, 0.3) is 0 Å². The summed E-state index contributed by atoms with van der Waals surface area (Å²) in [6, 6.07) is 19.1. The molecule has 0 aliphatic carbocycles. The maximum absolute atomic E-state index is 13.9. The molecule has 0 saturated carbocycles. The average Bonchev–Trinajstić information content (AvgIpc) is 3.28. The Bertz CT molecular complexity index is 1370. The van der Waals surface area contributed by atoms with Crippen LogP contribution in [0.2, 0.25) is 5.02 Å². The number of hydrogen-bond donors (Lipinski definition) is 1. The number of carbonyl (C=O) groups excluding carboxylic acids is 2. The number of nitrogens with zero attached hydrogens (tertiary/aromatic N) is 4. The largest absolute Gasteiger partial charge is 0.354 e. The molecular weight excluding hydrogens is 493 g/mol. The highest BCUT2D eigenvalue weighted by molar-refractivity contribution is 6.31. The number of benzene rings is 3. The van der Waals surface area contributed by atoms with Gasteiger partial charge in [0, 0.05) is 18.1 Å². The number of amides is 2. The lowest BCUT2D eigenvalue weighted by Crippen LogP contribution is -2.45. The Morgan fingerprint density at radius 2 is 1.73 bits per heavy atom. The van der Waals surface area contributed by atoms with Crippen LogP contribution in [-0.4, -0.2) is 38.3 Å². The normalized spacial score (nSPS) is 12.0. The molecule has 0 aliphatic rings. The maximum atomic E-state index is 13.9. The van der Waals surface area contributed by atoms with Crippen LogP contribution in [0.25, 0.3) is 11.0 Å². The molecule has 1 atom stereocenters. The lowest BCUT2D eigenvalue weighted by molar-refractivity contribution is -0.142. The summed E-state index contributed by atoms with van der Waals surface area (Å²) < 4.78 is 15.3. The number of fused-ring (bicyclic) bond motifs is 1. The molecule has 0 radical (unpaired) electrons. The summed E-state index contributed by atoms with van der Waals surface area (Å²) in [6.45, 7) is 4.53. The van der Waals surface area contributed by atoms with Gasteiger partial charge in [-0.1, -0.05) is 73.1 Å². The van der Waals surface area contributed by atoms with E-state index in [-0.39, 0.29) is 24.9 Å². The molecule has 7 nitrogen and oxygen atoms in total. The molecular formula is C28H29ClFN5O2. The van der Waals surface area contributed by atoms with Crippen molar-refractivity contribution in [3.63, 3.8) is 0 Å². The van der Waals surface area contributed by atoms with E-state index in [0.29, 0.717) is 39.6 Å². The van der Waals surface area contributed by atoms with Crippen LogP contribution in [0, 0.1) is 11.7 Å². The van der Waals surface area contributed by atoms with Gasteiger partial charge in [0.1, 0.15) is 23.9 Å². The van der Waals surface area contributed by atoms with Gasteiger partial charge in [-0.05, 0) is 53.8 Å². The highest BCUT2D eigenvalue weighted by atomic mass is 35.5. The minimum Gasteiger partial charge on any atom is -0.354 e. The molecule has 0 fully saturated rings. The molecule has 0 saturated heterocycles. The Morgan fingerprint density at radius 1 is 1.03 bits per heavy atom. The van der Waals surface area contributed by atoms with E-state index in [1.54, 1.807) is 12.1 Å². The Morgan fingerprint density at radius 3 is 2.46 bits per heavy atom. The second-order valence-electron chi connectivity index (χ2n) is 9.28. The molecule has 192 valence electrons. The molecule has 1 unspecified atom stereocenters. The Balaban J connectivity index is 1.73. The molecule has 1 heterocycles. The summed E-state index contributed by atoms with van der Waals surface area (Å²) in [5, 5.41) is 11.7. The van der Waals surface area contributed by atoms with Gasteiger partial charge in [-0.25, -0.2) is 9.07 Å². The molecule has 4 rings (SSSR count). The highest BCUT2D eigenvalue weighted by Gasteiger charge is 2.32. The SMILES string of the molecule is CC(C)CCNC(=O)C(c1ccc(F)cc1)N(Cc1ccccc1Cl)C(=O)Cn1nnc2ccccc21. The predicted octanol–water partition coefficient (Wildman–Crippen LogP) is 5.16. The maximum Gasteiger partial charge on any atom is 0.247 e. The first-order valence-electron chi connectivity index (χ1n) is 12.2. The fourth-order valence-corrected chi connectivity index (χ4v) is 4.28. The minimum atomic E-state index is -1.01. The van der Waals surface area contributed by atoms with Crippen molar-refractivity contribution >= 4 is 34.4 Å². The molecule has 4 aromatic rings. The van der Waals surface area contributed by atoms with Crippen LogP contribution in [0.1, 0.15) is 37.4 Å². The first-order chi connectivity index (χ1) is 17.8. The summed E-state index contributed by atoms with van der Waals surface area (Å²) in [4.78, 5) is 28.9. The van der Waals surface area contributed by atoms with Crippen molar-refractivity contribution in [3.8, 4) is 0 Å². The molecule has 9 heteroatoms. The number of halogens is 2. The van der Waals surface area contributed by atoms with Crippen molar-refractivity contribution in [2.45, 2.75) is 39.4 Å². The number of hydrogen-bond acceptors (Lipinski definition) is 4. The summed E-state index contributed by atoms with van der Waals surface area (Å²) >= 11 is 6.45. The van der Waals surface area contributed by atoms with Crippen LogP contribution in [0.5, 0.6) is 0 Å². The molecule has 1 N–H and O–H groups in total. The second kappa shape index (κ2) is 12.0. The molecule has 37 heavy (non-hydrogen) atoms. The van der Waals surface area contributed by atoms with Gasteiger partial charge in [-0.15, -0.1) is 5.10 Å². The van der Waals surface area contributed by atoms with Crippen molar-refractivity contribution in [1.82, 2.24) is 25.2 Å². The van der Waals surface area contributed by atoms with E-state index in [1.165, 1.54) is 33.8 Å². The summed E-state index contributed by atoms with van der Waals surface area (Å²) in [6.07, 6.45) is 0.783. The number of rotatable bonds is 10. The fourth-order valence-electron chi connectivity index (χ4n) is 4.09. The van der Waals surface area contributed by atoms with E-state index in [0.717, 1.165) is 6.42 Å². The van der Waals surface area contributed by atoms with Crippen LogP contribution < -0.4 is 5.32 Å². The molecule has 0 bridgehead atoms. The van der Waals surface area contributed by atoms with Crippen molar-refractivity contribution in [1.29, 1.82) is 0 Å². The Labute approximate surface area is 220 Å². The van der Waals surface area contributed by atoms with Gasteiger partial charge in [-0.3, -0.25) is 9.59 Å². The van der Waals surface area contributed by atoms with Gasteiger partial charge in [-0.2, -0.15) is 0 Å². The quantitative estimate of drug-likeness (QED) is 0.313. The van der Waals surface area contributed by atoms with Crippen molar-refractivity contribution in [2.24, 2.45) is 5.92 Å². The Kier molecular flexibility index (Phi) is 8.50. The third-order valence-corrected chi connectivity index (χ3v) is 6.46. The van der Waals surface area contributed by atoms with E-state index in [9.17, 15) is 14.0 Å². The minimum absolute atomic E-state index is 0.0742. The topological polar surface area (TPSA) is 80.1 Å². The van der Waals surface area contributed by atoms with Gasteiger partial charge in [0.05, 0.1) is 5.52 Å².